The first-order chi connectivity index (χ1) is 9.83. The molecule has 102 valence electrons. The van der Waals surface area contributed by atoms with E-state index in [1.165, 1.54) is 11.8 Å². The Hall–Kier alpha value is -1.88. The summed E-state index contributed by atoms with van der Waals surface area (Å²) < 4.78 is 0. The zero-order chi connectivity index (χ0) is 13.8. The van der Waals surface area contributed by atoms with Gasteiger partial charge in [0.1, 0.15) is 0 Å². The average Bonchev–Trinajstić information content (AvgIpc) is 2.97. The molecule has 0 aliphatic carbocycles. The molecular formula is C15H15N3OS. The highest BCUT2D eigenvalue weighted by atomic mass is 32.2. The molecule has 1 aromatic carbocycles. The highest BCUT2D eigenvalue weighted by Crippen LogP contribution is 2.27. The smallest absolute Gasteiger partial charge is 0.225 e. The Balaban J connectivity index is 1.60. The molecule has 1 aliphatic rings. The van der Waals surface area contributed by atoms with Gasteiger partial charge < -0.3 is 4.90 Å². The molecule has 2 aromatic rings. The zero-order valence-corrected chi connectivity index (χ0v) is 11.8. The topological polar surface area (TPSA) is 46.1 Å². The van der Waals surface area contributed by atoms with Gasteiger partial charge in [0, 0.05) is 36.3 Å². The van der Waals surface area contributed by atoms with Crippen molar-refractivity contribution >= 4 is 22.8 Å². The maximum absolute atomic E-state index is 12.2. The molecule has 0 bridgehead atoms. The molecule has 1 saturated heterocycles. The van der Waals surface area contributed by atoms with Crippen LogP contribution in [0.4, 0.5) is 5.95 Å². The molecule has 0 saturated carbocycles. The van der Waals surface area contributed by atoms with Crippen LogP contribution in [-0.2, 0) is 0 Å². The minimum Gasteiger partial charge on any atom is -0.340 e. The van der Waals surface area contributed by atoms with Crippen LogP contribution >= 0.6 is 11.8 Å². The lowest BCUT2D eigenvalue weighted by atomic mass is 10.2. The first-order valence-electron chi connectivity index (χ1n) is 6.61. The molecule has 5 heteroatoms. The second-order valence-electron chi connectivity index (χ2n) is 4.68. The molecule has 20 heavy (non-hydrogen) atoms. The van der Waals surface area contributed by atoms with Crippen molar-refractivity contribution in [1.82, 2.24) is 9.97 Å². The number of thioether (sulfide) groups is 1. The molecule has 0 N–H and O–H groups in total. The Kier molecular flexibility index (Phi) is 3.97. The van der Waals surface area contributed by atoms with Gasteiger partial charge in [0.25, 0.3) is 0 Å². The van der Waals surface area contributed by atoms with Crippen molar-refractivity contribution in [1.29, 1.82) is 0 Å². The number of anilines is 1. The molecular weight excluding hydrogens is 270 g/mol. The van der Waals surface area contributed by atoms with Crippen LogP contribution in [0.3, 0.4) is 0 Å². The third kappa shape index (κ3) is 2.99. The molecule has 1 atom stereocenters. The summed E-state index contributed by atoms with van der Waals surface area (Å²) in [5.74, 6) is 0.753. The molecule has 0 unspecified atom stereocenters. The monoisotopic (exact) mass is 285 g/mol. The van der Waals surface area contributed by atoms with Crippen LogP contribution in [0.15, 0.2) is 48.8 Å². The van der Waals surface area contributed by atoms with Crippen LogP contribution in [0, 0.1) is 0 Å². The number of rotatable bonds is 3. The van der Waals surface area contributed by atoms with E-state index in [0.29, 0.717) is 5.25 Å². The van der Waals surface area contributed by atoms with Crippen molar-refractivity contribution in [2.24, 2.45) is 0 Å². The zero-order valence-electron chi connectivity index (χ0n) is 11.0. The quantitative estimate of drug-likeness (QED) is 0.867. The summed E-state index contributed by atoms with van der Waals surface area (Å²) >= 11 is 1.42. The van der Waals surface area contributed by atoms with Gasteiger partial charge in [-0.3, -0.25) is 4.79 Å². The predicted molar refractivity (Wildman–Crippen MR) is 81.0 cm³/mol. The SMILES string of the molecule is O=C(S[C@H]1CCN(c2ncccn2)C1)c1ccccc1. The fraction of sp³-hybridized carbons (Fsp3) is 0.267. The van der Waals surface area contributed by atoms with Gasteiger partial charge in [-0.2, -0.15) is 0 Å². The van der Waals surface area contributed by atoms with E-state index in [0.717, 1.165) is 31.0 Å². The highest BCUT2D eigenvalue weighted by Gasteiger charge is 2.26. The second-order valence-corrected chi connectivity index (χ2v) is 5.95. The van der Waals surface area contributed by atoms with E-state index in [4.69, 9.17) is 0 Å². The maximum atomic E-state index is 12.2. The fourth-order valence-corrected chi connectivity index (χ4v) is 3.31. The Morgan fingerprint density at radius 1 is 1.15 bits per heavy atom. The third-order valence-corrected chi connectivity index (χ3v) is 4.43. The molecule has 1 fully saturated rings. The van der Waals surface area contributed by atoms with Crippen LogP contribution in [0.25, 0.3) is 0 Å². The minimum atomic E-state index is 0.145. The van der Waals surface area contributed by atoms with E-state index in [-0.39, 0.29) is 5.12 Å². The number of benzene rings is 1. The summed E-state index contributed by atoms with van der Waals surface area (Å²) in [5, 5.41) is 0.456. The summed E-state index contributed by atoms with van der Waals surface area (Å²) in [5.41, 5.74) is 0.770. The molecule has 1 aliphatic heterocycles. The van der Waals surface area contributed by atoms with Gasteiger partial charge in [0.05, 0.1) is 0 Å². The number of nitrogens with zero attached hydrogens (tertiary/aromatic N) is 3. The molecule has 0 spiro atoms. The minimum absolute atomic E-state index is 0.145. The highest BCUT2D eigenvalue weighted by molar-refractivity contribution is 8.14. The lowest BCUT2D eigenvalue weighted by molar-refractivity contribution is 0.108. The van der Waals surface area contributed by atoms with E-state index in [2.05, 4.69) is 14.9 Å². The summed E-state index contributed by atoms with van der Waals surface area (Å²) in [6.45, 7) is 1.73. The van der Waals surface area contributed by atoms with Crippen LogP contribution in [0.2, 0.25) is 0 Å². The van der Waals surface area contributed by atoms with Crippen molar-refractivity contribution in [2.75, 3.05) is 18.0 Å². The van der Waals surface area contributed by atoms with Crippen molar-refractivity contribution in [3.8, 4) is 0 Å². The number of carbonyl (C=O) groups is 1. The van der Waals surface area contributed by atoms with Gasteiger partial charge in [-0.1, -0.05) is 42.1 Å². The third-order valence-electron chi connectivity index (χ3n) is 3.26. The van der Waals surface area contributed by atoms with E-state index in [1.807, 2.05) is 36.4 Å². The lowest BCUT2D eigenvalue weighted by Crippen LogP contribution is -2.22. The van der Waals surface area contributed by atoms with E-state index in [1.54, 1.807) is 12.4 Å². The largest absolute Gasteiger partial charge is 0.340 e. The average molecular weight is 285 g/mol. The van der Waals surface area contributed by atoms with Crippen molar-refractivity contribution in [2.45, 2.75) is 11.7 Å². The molecule has 2 heterocycles. The number of aromatic nitrogens is 2. The van der Waals surface area contributed by atoms with Gasteiger partial charge in [-0.15, -0.1) is 0 Å². The van der Waals surface area contributed by atoms with Crippen molar-refractivity contribution in [3.63, 3.8) is 0 Å². The summed E-state index contributed by atoms with van der Waals surface area (Å²) in [6, 6.07) is 11.3. The number of hydrogen-bond acceptors (Lipinski definition) is 5. The summed E-state index contributed by atoms with van der Waals surface area (Å²) in [7, 11) is 0. The van der Waals surface area contributed by atoms with Gasteiger partial charge in [-0.05, 0) is 12.5 Å². The standard InChI is InChI=1S/C15H15N3OS/c19-14(12-5-2-1-3-6-12)20-13-7-10-18(11-13)15-16-8-4-9-17-15/h1-6,8-9,13H,7,10-11H2/t13-/m0/s1. The van der Waals surface area contributed by atoms with Gasteiger partial charge in [-0.25, -0.2) is 9.97 Å². The van der Waals surface area contributed by atoms with Gasteiger partial charge in [0.2, 0.25) is 11.1 Å². The molecule has 0 radical (unpaired) electrons. The summed E-state index contributed by atoms with van der Waals surface area (Å²) in [4.78, 5) is 22.8. The number of hydrogen-bond donors (Lipinski definition) is 0. The Bertz CT molecular complexity index is 576. The van der Waals surface area contributed by atoms with Crippen LogP contribution in [-0.4, -0.2) is 33.4 Å². The van der Waals surface area contributed by atoms with Crippen LogP contribution in [0.5, 0.6) is 0 Å². The Morgan fingerprint density at radius 3 is 2.65 bits per heavy atom. The summed E-state index contributed by atoms with van der Waals surface area (Å²) in [6.07, 6.45) is 4.48. The first kappa shape index (κ1) is 13.1. The second kappa shape index (κ2) is 6.05. The molecule has 4 nitrogen and oxygen atoms in total. The number of carbonyl (C=O) groups excluding carboxylic acids is 1. The molecule has 3 rings (SSSR count). The Morgan fingerprint density at radius 2 is 1.90 bits per heavy atom. The fourth-order valence-electron chi connectivity index (χ4n) is 2.25. The normalized spacial score (nSPS) is 18.2. The maximum Gasteiger partial charge on any atom is 0.225 e. The van der Waals surface area contributed by atoms with E-state index in [9.17, 15) is 4.79 Å². The van der Waals surface area contributed by atoms with Crippen molar-refractivity contribution in [3.05, 3.63) is 54.4 Å². The van der Waals surface area contributed by atoms with Gasteiger partial charge in [0.15, 0.2) is 0 Å². The predicted octanol–water partition coefficient (Wildman–Crippen LogP) is 2.63. The first-order valence-corrected chi connectivity index (χ1v) is 7.49. The van der Waals surface area contributed by atoms with E-state index < -0.39 is 0 Å². The van der Waals surface area contributed by atoms with Gasteiger partial charge >= 0.3 is 0 Å². The van der Waals surface area contributed by atoms with Crippen molar-refractivity contribution < 1.29 is 4.79 Å². The lowest BCUT2D eigenvalue weighted by Gasteiger charge is -2.15. The van der Waals surface area contributed by atoms with E-state index >= 15 is 0 Å². The molecule has 1 aromatic heterocycles. The molecule has 0 amide bonds. The van der Waals surface area contributed by atoms with Crippen LogP contribution in [0.1, 0.15) is 16.8 Å². The Labute approximate surface area is 122 Å². The van der Waals surface area contributed by atoms with Crippen LogP contribution < -0.4 is 4.90 Å².